The van der Waals surface area contributed by atoms with Crippen molar-refractivity contribution in [2.24, 2.45) is 5.92 Å². The first kappa shape index (κ1) is 19.8. The molecule has 3 aromatic heterocycles. The molecule has 1 unspecified atom stereocenters. The number of nitrogens with one attached hydrogen (secondary N) is 1. The number of esters is 1. The van der Waals surface area contributed by atoms with Crippen LogP contribution in [0.15, 0.2) is 12.1 Å². The number of amides is 1. The summed E-state index contributed by atoms with van der Waals surface area (Å²) in [5, 5.41) is 4.26. The van der Waals surface area contributed by atoms with Gasteiger partial charge in [-0.2, -0.15) is 0 Å². The molecule has 1 atom stereocenters. The van der Waals surface area contributed by atoms with Crippen LogP contribution in [-0.4, -0.2) is 23.5 Å². The van der Waals surface area contributed by atoms with Crippen LogP contribution in [0.5, 0.6) is 0 Å². The van der Waals surface area contributed by atoms with Gasteiger partial charge in [-0.15, -0.1) is 22.7 Å². The van der Waals surface area contributed by atoms with Crippen molar-refractivity contribution in [1.29, 1.82) is 0 Å². The van der Waals surface area contributed by atoms with Crippen molar-refractivity contribution in [3.63, 3.8) is 0 Å². The number of rotatable bonds is 4. The number of nitrogens with zero attached hydrogens (tertiary/aromatic N) is 1. The molecular weight excluding hydrogens is 406 g/mol. The first-order valence-corrected chi connectivity index (χ1v) is 11.3. The lowest BCUT2D eigenvalue weighted by atomic mass is 9.88. The molecule has 1 amide bonds. The topological polar surface area (TPSA) is 94.3 Å². The molecular formula is C21H23N3O3S2. The zero-order valence-electron chi connectivity index (χ0n) is 16.6. The third kappa shape index (κ3) is 3.62. The van der Waals surface area contributed by atoms with Crippen LogP contribution in [0.25, 0.3) is 10.2 Å². The Balaban J connectivity index is 1.71. The number of hydrogen-bond donors (Lipinski definition) is 2. The zero-order chi connectivity index (χ0) is 20.7. The summed E-state index contributed by atoms with van der Waals surface area (Å²) in [5.74, 6) is -0.135. The number of carbonyl (C=O) groups excluding carboxylic acids is 2. The van der Waals surface area contributed by atoms with Crippen LogP contribution in [0, 0.1) is 12.8 Å². The van der Waals surface area contributed by atoms with E-state index in [-0.39, 0.29) is 11.9 Å². The fourth-order valence-corrected chi connectivity index (χ4v) is 6.10. The van der Waals surface area contributed by atoms with E-state index in [1.165, 1.54) is 22.7 Å². The Hall–Kier alpha value is -2.45. The molecule has 6 nitrogen and oxygen atoms in total. The van der Waals surface area contributed by atoms with Gasteiger partial charge in [-0.1, -0.05) is 6.92 Å². The van der Waals surface area contributed by atoms with E-state index in [1.807, 2.05) is 19.1 Å². The van der Waals surface area contributed by atoms with Crippen LogP contribution >= 0.6 is 22.7 Å². The van der Waals surface area contributed by atoms with Gasteiger partial charge >= 0.3 is 5.97 Å². The van der Waals surface area contributed by atoms with E-state index < -0.39 is 0 Å². The highest BCUT2D eigenvalue weighted by molar-refractivity contribution is 7.21. The average molecular weight is 430 g/mol. The van der Waals surface area contributed by atoms with E-state index in [1.54, 1.807) is 6.92 Å². The summed E-state index contributed by atoms with van der Waals surface area (Å²) in [5.41, 5.74) is 9.03. The lowest BCUT2D eigenvalue weighted by molar-refractivity contribution is 0.0526. The van der Waals surface area contributed by atoms with E-state index in [9.17, 15) is 9.59 Å². The molecule has 0 aliphatic heterocycles. The van der Waals surface area contributed by atoms with Crippen LogP contribution in [0.3, 0.4) is 0 Å². The number of hydrogen-bond acceptors (Lipinski definition) is 7. The Bertz CT molecular complexity index is 1120. The van der Waals surface area contributed by atoms with Gasteiger partial charge in [0.25, 0.3) is 5.91 Å². The quantitative estimate of drug-likeness (QED) is 0.581. The van der Waals surface area contributed by atoms with Gasteiger partial charge in [-0.3, -0.25) is 4.79 Å². The molecule has 3 N–H and O–H groups in total. The fourth-order valence-electron chi connectivity index (χ4n) is 3.68. The standard InChI is InChI=1S/C21H23N3O3S2/c1-4-27-21(26)15-12-7-5-10(2)9-14(12)28-20(15)24-18(25)17-16(22)13-8-6-11(3)23-19(13)29-17/h6,8,10H,4-5,7,9,22H2,1-3H3,(H,24,25). The molecule has 0 saturated carbocycles. The van der Waals surface area contributed by atoms with Gasteiger partial charge in [-0.25, -0.2) is 9.78 Å². The number of aryl methyl sites for hydroxylation is 1. The van der Waals surface area contributed by atoms with Gasteiger partial charge in [0.15, 0.2) is 0 Å². The maximum Gasteiger partial charge on any atom is 0.341 e. The predicted octanol–water partition coefficient (Wildman–Crippen LogP) is 4.80. The number of ether oxygens (including phenoxy) is 1. The van der Waals surface area contributed by atoms with Crippen molar-refractivity contribution >= 4 is 55.5 Å². The third-order valence-electron chi connectivity index (χ3n) is 5.16. The van der Waals surface area contributed by atoms with Crippen molar-refractivity contribution < 1.29 is 14.3 Å². The molecule has 0 bridgehead atoms. The minimum atomic E-state index is -0.378. The number of pyridine rings is 1. The number of nitrogens with two attached hydrogens (primary N) is 1. The molecule has 0 aromatic carbocycles. The number of aromatic nitrogens is 1. The van der Waals surface area contributed by atoms with Crippen molar-refractivity contribution in [1.82, 2.24) is 4.98 Å². The Kier molecular flexibility index (Phi) is 5.31. The Labute approximate surface area is 177 Å². The van der Waals surface area contributed by atoms with Crippen molar-refractivity contribution in [2.75, 3.05) is 17.7 Å². The molecule has 0 fully saturated rings. The number of carbonyl (C=O) groups is 2. The molecule has 1 aliphatic rings. The molecule has 8 heteroatoms. The van der Waals surface area contributed by atoms with Crippen molar-refractivity contribution in [3.05, 3.63) is 38.7 Å². The van der Waals surface area contributed by atoms with E-state index >= 15 is 0 Å². The van der Waals surface area contributed by atoms with Gasteiger partial charge in [0.1, 0.15) is 14.7 Å². The SMILES string of the molecule is CCOC(=O)c1c(NC(=O)c2sc3nc(C)ccc3c2N)sc2c1CCC(C)C2. The first-order chi connectivity index (χ1) is 13.9. The van der Waals surface area contributed by atoms with Crippen molar-refractivity contribution in [2.45, 2.75) is 40.0 Å². The second-order valence-electron chi connectivity index (χ2n) is 7.38. The maximum absolute atomic E-state index is 13.0. The highest BCUT2D eigenvalue weighted by atomic mass is 32.1. The maximum atomic E-state index is 13.0. The molecule has 4 rings (SSSR count). The van der Waals surface area contributed by atoms with Crippen LogP contribution in [0.4, 0.5) is 10.7 Å². The monoisotopic (exact) mass is 429 g/mol. The molecule has 0 saturated heterocycles. The fraction of sp³-hybridized carbons (Fsp3) is 0.381. The summed E-state index contributed by atoms with van der Waals surface area (Å²) >= 11 is 2.74. The van der Waals surface area contributed by atoms with Crippen LogP contribution in [-0.2, 0) is 17.6 Å². The Morgan fingerprint density at radius 3 is 2.90 bits per heavy atom. The van der Waals surface area contributed by atoms with Gasteiger partial charge in [0.05, 0.1) is 17.9 Å². The van der Waals surface area contributed by atoms with E-state index in [4.69, 9.17) is 10.5 Å². The van der Waals surface area contributed by atoms with E-state index in [2.05, 4.69) is 17.2 Å². The highest BCUT2D eigenvalue weighted by Crippen LogP contribution is 2.41. The van der Waals surface area contributed by atoms with Crippen molar-refractivity contribution in [3.8, 4) is 0 Å². The number of anilines is 2. The van der Waals surface area contributed by atoms with Gasteiger partial charge < -0.3 is 15.8 Å². The summed E-state index contributed by atoms with van der Waals surface area (Å²) in [4.78, 5) is 32.5. The summed E-state index contributed by atoms with van der Waals surface area (Å²) in [6.45, 7) is 6.18. The second kappa shape index (κ2) is 7.76. The Morgan fingerprint density at radius 2 is 2.14 bits per heavy atom. The lowest BCUT2D eigenvalue weighted by Gasteiger charge is -2.18. The molecule has 3 heterocycles. The van der Waals surface area contributed by atoms with E-state index in [0.29, 0.717) is 33.7 Å². The molecule has 152 valence electrons. The highest BCUT2D eigenvalue weighted by Gasteiger charge is 2.30. The third-order valence-corrected chi connectivity index (χ3v) is 7.44. The van der Waals surface area contributed by atoms with E-state index in [0.717, 1.165) is 45.6 Å². The summed E-state index contributed by atoms with van der Waals surface area (Å²) in [6, 6.07) is 3.76. The average Bonchev–Trinajstić information content (AvgIpc) is 3.18. The summed E-state index contributed by atoms with van der Waals surface area (Å²) < 4.78 is 5.28. The molecule has 29 heavy (non-hydrogen) atoms. The Morgan fingerprint density at radius 1 is 1.34 bits per heavy atom. The van der Waals surface area contributed by atoms with Crippen LogP contribution in [0.1, 0.15) is 56.4 Å². The number of nitrogen functional groups attached to an aromatic ring is 1. The molecule has 0 radical (unpaired) electrons. The van der Waals surface area contributed by atoms with Gasteiger partial charge in [0.2, 0.25) is 0 Å². The largest absolute Gasteiger partial charge is 0.462 e. The zero-order valence-corrected chi connectivity index (χ0v) is 18.3. The summed E-state index contributed by atoms with van der Waals surface area (Å²) in [7, 11) is 0. The smallest absolute Gasteiger partial charge is 0.341 e. The minimum absolute atomic E-state index is 0.293. The molecule has 0 spiro atoms. The lowest BCUT2D eigenvalue weighted by Crippen LogP contribution is -2.16. The van der Waals surface area contributed by atoms with Crippen LogP contribution in [0.2, 0.25) is 0 Å². The number of thiophene rings is 2. The van der Waals surface area contributed by atoms with Gasteiger partial charge in [-0.05, 0) is 56.7 Å². The normalized spacial score (nSPS) is 15.9. The molecule has 3 aromatic rings. The first-order valence-electron chi connectivity index (χ1n) is 9.67. The minimum Gasteiger partial charge on any atom is -0.462 e. The number of fused-ring (bicyclic) bond motifs is 2. The molecule has 1 aliphatic carbocycles. The predicted molar refractivity (Wildman–Crippen MR) is 118 cm³/mol. The van der Waals surface area contributed by atoms with Crippen LogP contribution < -0.4 is 11.1 Å². The van der Waals surface area contributed by atoms with Gasteiger partial charge in [0, 0.05) is 16.0 Å². The second-order valence-corrected chi connectivity index (χ2v) is 9.48. The summed E-state index contributed by atoms with van der Waals surface area (Å²) in [6.07, 6.45) is 2.76.